The Morgan fingerprint density at radius 3 is 1.93 bits per heavy atom. The van der Waals surface area contributed by atoms with Gasteiger partial charge in [0, 0.05) is 5.56 Å². The van der Waals surface area contributed by atoms with E-state index in [4.69, 9.17) is 16.3 Å². The molecule has 7 heteroatoms. The monoisotopic (exact) mass is 235 g/mol. The smallest absolute Gasteiger partial charge is 0.238 e. The van der Waals surface area contributed by atoms with Crippen LogP contribution >= 0.6 is 12.4 Å². The van der Waals surface area contributed by atoms with Gasteiger partial charge in [0.2, 0.25) is 10.0 Å². The minimum atomic E-state index is -3.66. The molecule has 0 aliphatic carbocycles. The molecule has 1 rings (SSSR count). The van der Waals surface area contributed by atoms with Gasteiger partial charge in [-0.1, -0.05) is 0 Å². The predicted octanol–water partition coefficient (Wildman–Crippen LogP) is 0.0399. The average Bonchev–Trinajstić information content (AvgIpc) is 2.03. The fourth-order valence-electron chi connectivity index (χ4n) is 0.824. The molecule has 0 aromatic heterocycles. The maximum absolute atomic E-state index is 10.8. The summed E-state index contributed by atoms with van der Waals surface area (Å²) in [7, 11) is -3.66. The Morgan fingerprint density at radius 1 is 1.21 bits per heavy atom. The number of nitrogens with two attached hydrogens (primary N) is 2. The van der Waals surface area contributed by atoms with Gasteiger partial charge in [-0.2, -0.15) is 0 Å². The Labute approximate surface area is 88.1 Å². The number of nitrogen functional groups attached to an aromatic ring is 1. The lowest BCUT2D eigenvalue weighted by atomic mass is 10.2. The van der Waals surface area contributed by atoms with E-state index in [2.05, 4.69) is 0 Å². The molecule has 0 fully saturated rings. The zero-order valence-electron chi connectivity index (χ0n) is 7.10. The highest BCUT2D eigenvalue weighted by Crippen LogP contribution is 2.07. The molecule has 0 amide bonds. The van der Waals surface area contributed by atoms with Crippen LogP contribution in [-0.4, -0.2) is 14.3 Å². The second kappa shape index (κ2) is 4.41. The Hall–Kier alpha value is -1.11. The molecule has 0 aliphatic rings. The van der Waals surface area contributed by atoms with Crippen molar-refractivity contribution in [3.05, 3.63) is 29.8 Å². The lowest BCUT2D eigenvalue weighted by molar-refractivity contribution is 0.598. The maximum Gasteiger partial charge on any atom is 0.238 e. The van der Waals surface area contributed by atoms with E-state index in [1.165, 1.54) is 24.3 Å². The second-order valence-corrected chi connectivity index (χ2v) is 4.04. The summed E-state index contributed by atoms with van der Waals surface area (Å²) in [4.78, 5) is 0.0116. The van der Waals surface area contributed by atoms with Crippen molar-refractivity contribution in [1.82, 2.24) is 0 Å². The number of nitrogens with one attached hydrogen (secondary N) is 1. The number of rotatable bonds is 2. The van der Waals surface area contributed by atoms with Crippen molar-refractivity contribution >= 4 is 28.3 Å². The van der Waals surface area contributed by atoms with E-state index in [0.29, 0.717) is 5.56 Å². The minimum Gasteiger partial charge on any atom is -0.384 e. The first-order valence-electron chi connectivity index (χ1n) is 3.38. The molecule has 0 atom stereocenters. The average molecular weight is 236 g/mol. The molecule has 5 N–H and O–H groups in total. The Bertz CT molecular complexity index is 427. The lowest BCUT2D eigenvalue weighted by Crippen LogP contribution is -2.14. The number of halogens is 1. The van der Waals surface area contributed by atoms with E-state index >= 15 is 0 Å². The summed E-state index contributed by atoms with van der Waals surface area (Å²) in [6, 6.07) is 5.49. The summed E-state index contributed by atoms with van der Waals surface area (Å²) in [5, 5.41) is 11.9. The molecule has 14 heavy (non-hydrogen) atoms. The van der Waals surface area contributed by atoms with Crippen LogP contribution in [-0.2, 0) is 10.0 Å². The lowest BCUT2D eigenvalue weighted by Gasteiger charge is -1.99. The van der Waals surface area contributed by atoms with Crippen molar-refractivity contribution in [1.29, 1.82) is 5.41 Å². The van der Waals surface area contributed by atoms with Crippen molar-refractivity contribution in [3.63, 3.8) is 0 Å². The van der Waals surface area contributed by atoms with Crippen LogP contribution < -0.4 is 10.9 Å². The number of hydrogen-bond acceptors (Lipinski definition) is 3. The second-order valence-electron chi connectivity index (χ2n) is 2.48. The number of hydrogen-bond donors (Lipinski definition) is 3. The SMILES string of the molecule is Cl.N=C(N)c1ccc(S(N)(=O)=O)cc1. The molecular formula is C7H10ClN3O2S. The first-order chi connectivity index (χ1) is 5.91. The van der Waals surface area contributed by atoms with Crippen LogP contribution in [0.4, 0.5) is 0 Å². The highest BCUT2D eigenvalue weighted by atomic mass is 35.5. The molecule has 0 radical (unpaired) electrons. The van der Waals surface area contributed by atoms with Gasteiger partial charge in [-0.3, -0.25) is 5.41 Å². The van der Waals surface area contributed by atoms with Crippen molar-refractivity contribution in [2.75, 3.05) is 0 Å². The van der Waals surface area contributed by atoms with Crippen LogP contribution in [0.5, 0.6) is 0 Å². The molecule has 0 unspecified atom stereocenters. The van der Waals surface area contributed by atoms with Crippen LogP contribution in [0.15, 0.2) is 29.2 Å². The normalized spacial score (nSPS) is 10.4. The van der Waals surface area contributed by atoms with Gasteiger partial charge in [-0.05, 0) is 24.3 Å². The van der Waals surface area contributed by atoms with Crippen LogP contribution in [0.3, 0.4) is 0 Å². The highest BCUT2D eigenvalue weighted by Gasteiger charge is 2.06. The van der Waals surface area contributed by atoms with E-state index in [0.717, 1.165) is 0 Å². The van der Waals surface area contributed by atoms with Gasteiger partial charge in [-0.25, -0.2) is 13.6 Å². The van der Waals surface area contributed by atoms with Crippen molar-refractivity contribution < 1.29 is 8.42 Å². The fourth-order valence-corrected chi connectivity index (χ4v) is 1.34. The number of amidine groups is 1. The molecule has 78 valence electrons. The van der Waals surface area contributed by atoms with Crippen molar-refractivity contribution in [2.45, 2.75) is 4.90 Å². The third kappa shape index (κ3) is 2.99. The van der Waals surface area contributed by atoms with Gasteiger partial charge in [0.25, 0.3) is 0 Å². The number of benzene rings is 1. The molecule has 1 aromatic carbocycles. The molecule has 0 saturated carbocycles. The molecule has 0 heterocycles. The quantitative estimate of drug-likeness (QED) is 0.497. The largest absolute Gasteiger partial charge is 0.384 e. The summed E-state index contributed by atoms with van der Waals surface area (Å²) >= 11 is 0. The summed E-state index contributed by atoms with van der Waals surface area (Å²) < 4.78 is 21.6. The summed E-state index contributed by atoms with van der Waals surface area (Å²) in [6.07, 6.45) is 0. The van der Waals surface area contributed by atoms with E-state index in [-0.39, 0.29) is 23.1 Å². The van der Waals surface area contributed by atoms with E-state index in [1.807, 2.05) is 0 Å². The predicted molar refractivity (Wildman–Crippen MR) is 56.1 cm³/mol. The van der Waals surface area contributed by atoms with Crippen molar-refractivity contribution in [3.8, 4) is 0 Å². The minimum absolute atomic E-state index is 0. The zero-order valence-corrected chi connectivity index (χ0v) is 8.73. The summed E-state index contributed by atoms with van der Waals surface area (Å²) in [6.45, 7) is 0. The molecule has 1 aromatic rings. The van der Waals surface area contributed by atoms with Crippen LogP contribution in [0.1, 0.15) is 5.56 Å². The van der Waals surface area contributed by atoms with Gasteiger partial charge in [-0.15, -0.1) is 12.4 Å². The highest BCUT2D eigenvalue weighted by molar-refractivity contribution is 7.89. The topological polar surface area (TPSA) is 110 Å². The van der Waals surface area contributed by atoms with E-state index in [9.17, 15) is 8.42 Å². The van der Waals surface area contributed by atoms with Gasteiger partial charge in [0.1, 0.15) is 5.84 Å². The molecule has 0 spiro atoms. The third-order valence-corrected chi connectivity index (χ3v) is 2.42. The molecule has 0 aliphatic heterocycles. The number of sulfonamides is 1. The maximum atomic E-state index is 10.8. The van der Waals surface area contributed by atoms with Gasteiger partial charge in [0.05, 0.1) is 4.90 Å². The van der Waals surface area contributed by atoms with Gasteiger partial charge >= 0.3 is 0 Å². The van der Waals surface area contributed by atoms with Gasteiger partial charge < -0.3 is 5.73 Å². The summed E-state index contributed by atoms with van der Waals surface area (Å²) in [5.74, 6) is -0.110. The standard InChI is InChI=1S/C7H9N3O2S.ClH/c8-7(9)5-1-3-6(4-2-5)13(10,11)12;/h1-4H,(H3,8,9)(H2,10,11,12);1H. The first-order valence-corrected chi connectivity index (χ1v) is 4.93. The Balaban J connectivity index is 0.00000169. The number of primary sulfonamides is 1. The summed E-state index contributed by atoms with van der Waals surface area (Å²) in [5.41, 5.74) is 5.64. The molecular weight excluding hydrogens is 226 g/mol. The molecule has 0 saturated heterocycles. The van der Waals surface area contributed by atoms with Crippen LogP contribution in [0.25, 0.3) is 0 Å². The van der Waals surface area contributed by atoms with E-state index in [1.54, 1.807) is 0 Å². The third-order valence-electron chi connectivity index (χ3n) is 1.49. The molecule has 5 nitrogen and oxygen atoms in total. The van der Waals surface area contributed by atoms with Gasteiger partial charge in [0.15, 0.2) is 0 Å². The Morgan fingerprint density at radius 2 is 1.64 bits per heavy atom. The molecule has 0 bridgehead atoms. The Kier molecular flexibility index (Phi) is 4.06. The van der Waals surface area contributed by atoms with E-state index < -0.39 is 10.0 Å². The van der Waals surface area contributed by atoms with Crippen LogP contribution in [0.2, 0.25) is 0 Å². The van der Waals surface area contributed by atoms with Crippen LogP contribution in [0, 0.1) is 5.41 Å². The fraction of sp³-hybridized carbons (Fsp3) is 0. The van der Waals surface area contributed by atoms with Crippen molar-refractivity contribution in [2.24, 2.45) is 10.9 Å². The zero-order chi connectivity index (χ0) is 10.1. The first kappa shape index (κ1) is 12.9.